The van der Waals surface area contributed by atoms with Crippen LogP contribution in [0.15, 0.2) is 186 Å². The molecule has 238 valence electrons. The zero-order valence-electron chi connectivity index (χ0n) is 27.6. The van der Waals surface area contributed by atoms with Crippen molar-refractivity contribution >= 4 is 65.6 Å². The molecule has 0 radical (unpaired) electrons. The molecule has 51 heavy (non-hydrogen) atoms. The van der Waals surface area contributed by atoms with Gasteiger partial charge in [-0.1, -0.05) is 121 Å². The van der Waals surface area contributed by atoms with E-state index in [1.54, 1.807) is 0 Å². The van der Waals surface area contributed by atoms with E-state index in [4.69, 9.17) is 4.42 Å². The summed E-state index contributed by atoms with van der Waals surface area (Å²) in [5, 5.41) is 7.30. The SMILES string of the molecule is c1ccc(-n2c3ccccc3c3ccc(-c4ccc5c(c4)c4ccccc4n5-c4ccc(-c5cccc6c5oc5ccccc56)cc4)cc32)cc1. The number of hydrogen-bond donors (Lipinski definition) is 0. The average Bonchev–Trinajstić information content (AvgIpc) is 3.85. The van der Waals surface area contributed by atoms with Crippen LogP contribution >= 0.6 is 0 Å². The second-order valence-electron chi connectivity index (χ2n) is 13.3. The highest BCUT2D eigenvalue weighted by atomic mass is 16.3. The molecule has 11 rings (SSSR count). The van der Waals surface area contributed by atoms with E-state index in [9.17, 15) is 0 Å². The first-order chi connectivity index (χ1) is 25.3. The quantitative estimate of drug-likeness (QED) is 0.186. The molecule has 3 heteroatoms. The van der Waals surface area contributed by atoms with Crippen LogP contribution in [-0.4, -0.2) is 9.13 Å². The molecule has 3 aromatic heterocycles. The van der Waals surface area contributed by atoms with Crippen LogP contribution in [0.2, 0.25) is 0 Å². The second kappa shape index (κ2) is 10.8. The van der Waals surface area contributed by atoms with E-state index < -0.39 is 0 Å². The summed E-state index contributed by atoms with van der Waals surface area (Å²) in [4.78, 5) is 0. The van der Waals surface area contributed by atoms with E-state index in [0.717, 1.165) is 38.8 Å². The van der Waals surface area contributed by atoms with Crippen LogP contribution in [0.4, 0.5) is 0 Å². The number of aromatic nitrogens is 2. The van der Waals surface area contributed by atoms with Crippen LogP contribution in [0.5, 0.6) is 0 Å². The van der Waals surface area contributed by atoms with Gasteiger partial charge in [-0.2, -0.15) is 0 Å². The van der Waals surface area contributed by atoms with Crippen molar-refractivity contribution in [2.75, 3.05) is 0 Å². The van der Waals surface area contributed by atoms with Crippen LogP contribution in [-0.2, 0) is 0 Å². The van der Waals surface area contributed by atoms with Gasteiger partial charge in [-0.05, 0) is 77.4 Å². The molecule has 0 fully saturated rings. The topological polar surface area (TPSA) is 23.0 Å². The Balaban J connectivity index is 1.05. The summed E-state index contributed by atoms with van der Waals surface area (Å²) < 4.78 is 11.1. The lowest BCUT2D eigenvalue weighted by atomic mass is 10.0. The zero-order chi connectivity index (χ0) is 33.5. The number of rotatable bonds is 4. The Morgan fingerprint density at radius 2 is 0.863 bits per heavy atom. The van der Waals surface area contributed by atoms with E-state index in [2.05, 4.69) is 179 Å². The van der Waals surface area contributed by atoms with Gasteiger partial charge in [-0.3, -0.25) is 0 Å². The highest BCUT2D eigenvalue weighted by Gasteiger charge is 2.17. The molecule has 0 saturated heterocycles. The van der Waals surface area contributed by atoms with Crippen molar-refractivity contribution in [1.29, 1.82) is 0 Å². The Hall–Kier alpha value is -6.84. The minimum atomic E-state index is 0.916. The van der Waals surface area contributed by atoms with E-state index in [1.807, 2.05) is 12.1 Å². The Labute approximate surface area is 293 Å². The first-order valence-corrected chi connectivity index (χ1v) is 17.4. The van der Waals surface area contributed by atoms with Gasteiger partial charge in [0, 0.05) is 49.3 Å². The van der Waals surface area contributed by atoms with Gasteiger partial charge in [-0.25, -0.2) is 0 Å². The lowest BCUT2D eigenvalue weighted by Crippen LogP contribution is -1.94. The predicted octanol–water partition coefficient (Wildman–Crippen LogP) is 13.1. The minimum absolute atomic E-state index is 0.916. The highest BCUT2D eigenvalue weighted by Crippen LogP contribution is 2.39. The highest BCUT2D eigenvalue weighted by molar-refractivity contribution is 6.13. The van der Waals surface area contributed by atoms with Crippen molar-refractivity contribution in [1.82, 2.24) is 9.13 Å². The van der Waals surface area contributed by atoms with Crippen molar-refractivity contribution in [3.8, 4) is 33.6 Å². The molecule has 3 heterocycles. The first-order valence-electron chi connectivity index (χ1n) is 17.4. The number of furan rings is 1. The van der Waals surface area contributed by atoms with Gasteiger partial charge < -0.3 is 13.6 Å². The molecule has 0 atom stereocenters. The van der Waals surface area contributed by atoms with Crippen LogP contribution in [0.1, 0.15) is 0 Å². The fraction of sp³-hybridized carbons (Fsp3) is 0. The maximum Gasteiger partial charge on any atom is 0.143 e. The van der Waals surface area contributed by atoms with Crippen molar-refractivity contribution in [2.24, 2.45) is 0 Å². The second-order valence-corrected chi connectivity index (χ2v) is 13.3. The van der Waals surface area contributed by atoms with Gasteiger partial charge in [0.15, 0.2) is 0 Å². The van der Waals surface area contributed by atoms with Gasteiger partial charge in [-0.15, -0.1) is 0 Å². The summed E-state index contributed by atoms with van der Waals surface area (Å²) in [6.45, 7) is 0. The smallest absolute Gasteiger partial charge is 0.143 e. The van der Waals surface area contributed by atoms with E-state index in [0.29, 0.717) is 0 Å². The molecule has 0 amide bonds. The monoisotopic (exact) mass is 650 g/mol. The molecule has 8 aromatic carbocycles. The molecule has 3 nitrogen and oxygen atoms in total. The summed E-state index contributed by atoms with van der Waals surface area (Å²) in [6, 6.07) is 65.5. The lowest BCUT2D eigenvalue weighted by Gasteiger charge is -2.11. The fourth-order valence-corrected chi connectivity index (χ4v) is 8.20. The van der Waals surface area contributed by atoms with Crippen LogP contribution in [0.3, 0.4) is 0 Å². The third-order valence-corrected chi connectivity index (χ3v) is 10.5. The standard InChI is InChI=1S/C48H30N2O/c1-2-11-34(12-3-1)50-43-18-7-4-13-37(43)39-27-23-33(30-46(39)50)32-24-28-45-42(29-32)38-14-5-8-19-44(38)49(45)35-25-21-31(22-26-35)36-16-10-17-41-40-15-6-9-20-47(40)51-48(36)41/h1-30H. The van der Waals surface area contributed by atoms with Gasteiger partial charge in [0.25, 0.3) is 0 Å². The summed E-state index contributed by atoms with van der Waals surface area (Å²) in [5.41, 5.74) is 13.6. The predicted molar refractivity (Wildman–Crippen MR) is 213 cm³/mol. The Morgan fingerprint density at radius 1 is 0.314 bits per heavy atom. The minimum Gasteiger partial charge on any atom is -0.455 e. The third-order valence-electron chi connectivity index (χ3n) is 10.5. The zero-order valence-corrected chi connectivity index (χ0v) is 27.6. The van der Waals surface area contributed by atoms with Crippen molar-refractivity contribution in [3.63, 3.8) is 0 Å². The van der Waals surface area contributed by atoms with Crippen molar-refractivity contribution in [2.45, 2.75) is 0 Å². The first kappa shape index (κ1) is 28.0. The van der Waals surface area contributed by atoms with Gasteiger partial charge in [0.2, 0.25) is 0 Å². The van der Waals surface area contributed by atoms with E-state index in [1.165, 1.54) is 60.4 Å². The molecular weight excluding hydrogens is 621 g/mol. The van der Waals surface area contributed by atoms with Gasteiger partial charge in [0.05, 0.1) is 22.1 Å². The molecule has 0 unspecified atom stereocenters. The van der Waals surface area contributed by atoms with Crippen LogP contribution in [0, 0.1) is 0 Å². The molecule has 0 aliphatic carbocycles. The fourth-order valence-electron chi connectivity index (χ4n) is 8.20. The number of para-hydroxylation sites is 5. The Bertz CT molecular complexity index is 3120. The molecular formula is C48H30N2O. The Morgan fingerprint density at radius 3 is 1.67 bits per heavy atom. The average molecular weight is 651 g/mol. The normalized spacial score (nSPS) is 11.9. The molecule has 0 N–H and O–H groups in total. The summed E-state index contributed by atoms with van der Waals surface area (Å²) in [5.74, 6) is 0. The van der Waals surface area contributed by atoms with E-state index >= 15 is 0 Å². The maximum absolute atomic E-state index is 6.36. The van der Waals surface area contributed by atoms with Crippen molar-refractivity contribution in [3.05, 3.63) is 182 Å². The van der Waals surface area contributed by atoms with Gasteiger partial charge in [0.1, 0.15) is 11.2 Å². The summed E-state index contributed by atoms with van der Waals surface area (Å²) >= 11 is 0. The number of hydrogen-bond acceptors (Lipinski definition) is 1. The van der Waals surface area contributed by atoms with Crippen LogP contribution in [0.25, 0.3) is 99.2 Å². The van der Waals surface area contributed by atoms with E-state index in [-0.39, 0.29) is 0 Å². The summed E-state index contributed by atoms with van der Waals surface area (Å²) in [7, 11) is 0. The molecule has 0 aliphatic rings. The van der Waals surface area contributed by atoms with Crippen LogP contribution < -0.4 is 0 Å². The number of fused-ring (bicyclic) bond motifs is 9. The van der Waals surface area contributed by atoms with Crippen molar-refractivity contribution < 1.29 is 4.42 Å². The maximum atomic E-state index is 6.36. The molecule has 11 aromatic rings. The molecule has 0 aliphatic heterocycles. The Kier molecular flexibility index (Phi) is 5.96. The summed E-state index contributed by atoms with van der Waals surface area (Å²) in [6.07, 6.45) is 0. The largest absolute Gasteiger partial charge is 0.455 e. The third kappa shape index (κ3) is 4.19. The molecule has 0 saturated carbocycles. The molecule has 0 spiro atoms. The number of nitrogens with zero attached hydrogens (tertiary/aromatic N) is 2. The molecule has 0 bridgehead atoms. The number of benzene rings is 8. The lowest BCUT2D eigenvalue weighted by molar-refractivity contribution is 0.670. The van der Waals surface area contributed by atoms with Gasteiger partial charge >= 0.3 is 0 Å².